The summed E-state index contributed by atoms with van der Waals surface area (Å²) in [5.74, 6) is 0. The van der Waals surface area contributed by atoms with E-state index in [-0.39, 0.29) is 11.7 Å². The lowest BCUT2D eigenvalue weighted by Gasteiger charge is -2.37. The van der Waals surface area contributed by atoms with E-state index in [0.717, 1.165) is 18.6 Å². The third-order valence-electron chi connectivity index (χ3n) is 4.30. The summed E-state index contributed by atoms with van der Waals surface area (Å²) in [6.07, 6.45) is 7.18. The van der Waals surface area contributed by atoms with Crippen LogP contribution in [0, 0.1) is 0 Å². The highest BCUT2D eigenvalue weighted by Crippen LogP contribution is 2.35. The number of fused-ring (bicyclic) bond motifs is 2. The molecule has 0 saturated carbocycles. The Bertz CT molecular complexity index is 246. The zero-order valence-electron chi connectivity index (χ0n) is 12.4. The molecule has 2 unspecified atom stereocenters. The summed E-state index contributed by atoms with van der Waals surface area (Å²) >= 11 is 0. The topological polar surface area (TPSA) is 21.7 Å². The van der Waals surface area contributed by atoms with Crippen molar-refractivity contribution in [2.75, 3.05) is 20.3 Å². The van der Waals surface area contributed by atoms with Gasteiger partial charge in [-0.2, -0.15) is 0 Å². The molecule has 0 aromatic carbocycles. The average molecular weight is 255 g/mol. The molecule has 0 aromatic heterocycles. The van der Waals surface area contributed by atoms with Gasteiger partial charge in [-0.15, -0.1) is 0 Å². The fourth-order valence-electron chi connectivity index (χ4n) is 3.30. The van der Waals surface area contributed by atoms with Crippen LogP contribution in [0.15, 0.2) is 0 Å². The Hall–Kier alpha value is -0.120. The van der Waals surface area contributed by atoms with Crippen LogP contribution in [-0.4, -0.2) is 49.0 Å². The molecule has 0 aromatic rings. The Balaban J connectivity index is 1.83. The quantitative estimate of drug-likeness (QED) is 0.754. The van der Waals surface area contributed by atoms with Crippen molar-refractivity contribution in [3.05, 3.63) is 0 Å². The number of nitrogens with zero attached hydrogens (tertiary/aromatic N) is 1. The van der Waals surface area contributed by atoms with Gasteiger partial charge in [-0.25, -0.2) is 0 Å². The highest BCUT2D eigenvalue weighted by atomic mass is 16.5. The predicted molar refractivity (Wildman–Crippen MR) is 73.9 cm³/mol. The minimum absolute atomic E-state index is 0.0718. The first-order chi connectivity index (χ1) is 8.49. The van der Waals surface area contributed by atoms with Gasteiger partial charge in [0.05, 0.1) is 18.3 Å². The monoisotopic (exact) mass is 255 g/mol. The summed E-state index contributed by atoms with van der Waals surface area (Å²) in [5, 5.41) is 0. The average Bonchev–Trinajstić information content (AvgIpc) is 2.53. The zero-order valence-corrected chi connectivity index (χ0v) is 12.4. The molecule has 2 fully saturated rings. The second-order valence-corrected chi connectivity index (χ2v) is 6.79. The minimum atomic E-state index is -0.0718. The lowest BCUT2D eigenvalue weighted by atomic mass is 10.0. The van der Waals surface area contributed by atoms with Crippen LogP contribution in [-0.2, 0) is 9.47 Å². The van der Waals surface area contributed by atoms with Gasteiger partial charge < -0.3 is 9.47 Å². The summed E-state index contributed by atoms with van der Waals surface area (Å²) < 4.78 is 11.5. The van der Waals surface area contributed by atoms with Crippen molar-refractivity contribution in [2.45, 2.75) is 76.7 Å². The maximum atomic E-state index is 5.86. The van der Waals surface area contributed by atoms with Crippen molar-refractivity contribution < 1.29 is 9.47 Å². The lowest BCUT2D eigenvalue weighted by molar-refractivity contribution is -0.0743. The third-order valence-corrected chi connectivity index (χ3v) is 4.30. The maximum absolute atomic E-state index is 5.86. The predicted octanol–water partition coefficient (Wildman–Crippen LogP) is 2.83. The summed E-state index contributed by atoms with van der Waals surface area (Å²) in [4.78, 5) is 2.68. The fraction of sp³-hybridized carbons (Fsp3) is 1.00. The Kier molecular flexibility index (Phi) is 4.68. The number of hydrogen-bond acceptors (Lipinski definition) is 3. The summed E-state index contributed by atoms with van der Waals surface area (Å²) in [6, 6.07) is 1.63. The van der Waals surface area contributed by atoms with Crippen molar-refractivity contribution >= 4 is 0 Å². The summed E-state index contributed by atoms with van der Waals surface area (Å²) in [5.41, 5.74) is -0.0718. The standard InChI is InChI=1S/C15H29NO2/c1-15(2,3)18-11-14(17-4)10-16-12-6-5-7-13(16)9-8-12/h12-14H,5-11H2,1-4H3/t12?,13?,14-/m0/s1. The van der Waals surface area contributed by atoms with Crippen LogP contribution < -0.4 is 0 Å². The number of piperidine rings is 1. The molecule has 2 bridgehead atoms. The van der Waals surface area contributed by atoms with Crippen LogP contribution in [0.25, 0.3) is 0 Å². The number of ether oxygens (including phenoxy) is 2. The molecule has 2 rings (SSSR count). The smallest absolute Gasteiger partial charge is 0.0931 e. The van der Waals surface area contributed by atoms with Gasteiger partial charge >= 0.3 is 0 Å². The van der Waals surface area contributed by atoms with Gasteiger partial charge in [-0.05, 0) is 46.5 Å². The SMILES string of the molecule is CO[C@H](COC(C)(C)C)CN1C2CCCC1CC2. The molecular formula is C15H29NO2. The maximum Gasteiger partial charge on any atom is 0.0931 e. The van der Waals surface area contributed by atoms with Crippen LogP contribution in [0.2, 0.25) is 0 Å². The molecule has 0 radical (unpaired) electrons. The van der Waals surface area contributed by atoms with E-state index in [4.69, 9.17) is 9.47 Å². The normalized spacial score (nSPS) is 30.7. The Labute approximate surface area is 112 Å². The molecule has 2 aliphatic heterocycles. The first kappa shape index (κ1) is 14.3. The number of methoxy groups -OCH3 is 1. The van der Waals surface area contributed by atoms with Crippen LogP contribution in [0.4, 0.5) is 0 Å². The largest absolute Gasteiger partial charge is 0.378 e. The van der Waals surface area contributed by atoms with Crippen molar-refractivity contribution in [2.24, 2.45) is 0 Å². The molecule has 0 amide bonds. The number of rotatable bonds is 5. The molecule has 2 saturated heterocycles. The molecule has 3 heteroatoms. The van der Waals surface area contributed by atoms with E-state index >= 15 is 0 Å². The van der Waals surface area contributed by atoms with Gasteiger partial charge in [0.1, 0.15) is 0 Å². The number of hydrogen-bond donors (Lipinski definition) is 0. The van der Waals surface area contributed by atoms with Gasteiger partial charge in [0.15, 0.2) is 0 Å². The Morgan fingerprint density at radius 2 is 1.72 bits per heavy atom. The molecule has 2 aliphatic rings. The molecule has 0 aliphatic carbocycles. The van der Waals surface area contributed by atoms with Crippen LogP contribution in [0.5, 0.6) is 0 Å². The van der Waals surface area contributed by atoms with Gasteiger partial charge in [-0.3, -0.25) is 4.90 Å². The van der Waals surface area contributed by atoms with Crippen molar-refractivity contribution in [1.82, 2.24) is 4.90 Å². The summed E-state index contributed by atoms with van der Waals surface area (Å²) in [7, 11) is 1.81. The molecule has 3 atom stereocenters. The first-order valence-corrected chi connectivity index (χ1v) is 7.42. The van der Waals surface area contributed by atoms with E-state index < -0.39 is 0 Å². The zero-order chi connectivity index (χ0) is 13.2. The molecule has 3 nitrogen and oxygen atoms in total. The molecule has 0 N–H and O–H groups in total. The highest BCUT2D eigenvalue weighted by Gasteiger charge is 2.37. The van der Waals surface area contributed by atoms with Gasteiger partial charge in [0.25, 0.3) is 0 Å². The second kappa shape index (κ2) is 5.89. The van der Waals surface area contributed by atoms with Crippen LogP contribution in [0.3, 0.4) is 0 Å². The first-order valence-electron chi connectivity index (χ1n) is 7.42. The lowest BCUT2D eigenvalue weighted by Crippen LogP contribution is -2.46. The van der Waals surface area contributed by atoms with Crippen LogP contribution >= 0.6 is 0 Å². The van der Waals surface area contributed by atoms with E-state index in [1.54, 1.807) is 0 Å². The highest BCUT2D eigenvalue weighted by molar-refractivity contribution is 4.92. The molecule has 0 spiro atoms. The van der Waals surface area contributed by atoms with Crippen molar-refractivity contribution in [3.63, 3.8) is 0 Å². The van der Waals surface area contributed by atoms with E-state index in [9.17, 15) is 0 Å². The van der Waals surface area contributed by atoms with Gasteiger partial charge in [0.2, 0.25) is 0 Å². The van der Waals surface area contributed by atoms with Gasteiger partial charge in [0, 0.05) is 25.7 Å². The molecule has 2 heterocycles. The second-order valence-electron chi connectivity index (χ2n) is 6.79. The van der Waals surface area contributed by atoms with E-state index in [0.29, 0.717) is 6.61 Å². The minimum Gasteiger partial charge on any atom is -0.378 e. The summed E-state index contributed by atoms with van der Waals surface area (Å²) in [6.45, 7) is 8.05. The third kappa shape index (κ3) is 3.69. The Morgan fingerprint density at radius 1 is 1.11 bits per heavy atom. The van der Waals surface area contributed by atoms with E-state index in [2.05, 4.69) is 25.7 Å². The van der Waals surface area contributed by atoms with Crippen LogP contribution in [0.1, 0.15) is 52.9 Å². The molecular weight excluding hydrogens is 226 g/mol. The fourth-order valence-corrected chi connectivity index (χ4v) is 3.30. The van der Waals surface area contributed by atoms with E-state index in [1.807, 2.05) is 7.11 Å². The van der Waals surface area contributed by atoms with Gasteiger partial charge in [-0.1, -0.05) is 6.42 Å². The van der Waals surface area contributed by atoms with Crippen molar-refractivity contribution in [1.29, 1.82) is 0 Å². The van der Waals surface area contributed by atoms with Crippen molar-refractivity contribution in [3.8, 4) is 0 Å². The Morgan fingerprint density at radius 3 is 2.22 bits per heavy atom. The molecule has 18 heavy (non-hydrogen) atoms. The molecule has 106 valence electrons. The van der Waals surface area contributed by atoms with E-state index in [1.165, 1.54) is 32.1 Å².